The van der Waals surface area contributed by atoms with E-state index in [1.807, 2.05) is 0 Å². The average Bonchev–Trinajstić information content (AvgIpc) is 3.31. The van der Waals surface area contributed by atoms with Crippen molar-refractivity contribution in [3.63, 3.8) is 0 Å². The molecule has 30 heavy (non-hydrogen) atoms. The largest absolute Gasteiger partial charge is 0.489 e. The van der Waals surface area contributed by atoms with Crippen molar-refractivity contribution in [1.82, 2.24) is 15.1 Å². The Labute approximate surface area is 171 Å². The van der Waals surface area contributed by atoms with Crippen molar-refractivity contribution in [3.05, 3.63) is 59.5 Å². The number of amides is 2. The minimum absolute atomic E-state index is 0.0286. The van der Waals surface area contributed by atoms with E-state index in [9.17, 15) is 14.0 Å². The lowest BCUT2D eigenvalue weighted by molar-refractivity contribution is -0.124. The number of ether oxygens (including phenoxy) is 2. The zero-order chi connectivity index (χ0) is 21.3. The van der Waals surface area contributed by atoms with Gasteiger partial charge < -0.3 is 20.5 Å². The number of aromatic nitrogens is 2. The van der Waals surface area contributed by atoms with E-state index in [1.54, 1.807) is 43.4 Å². The van der Waals surface area contributed by atoms with Crippen LogP contribution in [0.15, 0.2) is 42.5 Å². The minimum Gasteiger partial charge on any atom is -0.489 e. The van der Waals surface area contributed by atoms with Crippen LogP contribution < -0.4 is 15.8 Å². The smallest absolute Gasteiger partial charge is 0.271 e. The molecule has 1 unspecified atom stereocenters. The number of hydrogen-bond donors (Lipinski definition) is 2. The number of rotatable bonds is 6. The molecule has 9 heteroatoms. The number of halogens is 1. The lowest BCUT2D eigenvalue weighted by atomic mass is 9.97. The van der Waals surface area contributed by atoms with E-state index in [0.717, 1.165) is 0 Å². The van der Waals surface area contributed by atoms with Crippen LogP contribution in [-0.4, -0.2) is 40.3 Å². The van der Waals surface area contributed by atoms with Crippen LogP contribution in [0.2, 0.25) is 0 Å². The Kier molecular flexibility index (Phi) is 5.13. The topological polar surface area (TPSA) is 108 Å². The molecule has 0 bridgehead atoms. The molecule has 3 aromatic rings. The van der Waals surface area contributed by atoms with Gasteiger partial charge in [0.1, 0.15) is 29.4 Å². The molecule has 1 aliphatic heterocycles. The first kappa shape index (κ1) is 19.8. The molecule has 0 aliphatic carbocycles. The lowest BCUT2D eigenvalue weighted by Gasteiger charge is -2.24. The van der Waals surface area contributed by atoms with Crippen LogP contribution in [0.25, 0.3) is 10.9 Å². The van der Waals surface area contributed by atoms with Crippen molar-refractivity contribution in [2.45, 2.75) is 18.6 Å². The number of carbonyl (C=O) groups is 2. The van der Waals surface area contributed by atoms with Crippen LogP contribution >= 0.6 is 0 Å². The van der Waals surface area contributed by atoms with E-state index >= 15 is 0 Å². The van der Waals surface area contributed by atoms with Gasteiger partial charge in [-0.25, -0.2) is 4.39 Å². The normalized spacial score (nSPS) is 18.5. The summed E-state index contributed by atoms with van der Waals surface area (Å²) in [5.74, 6) is -1.03. The van der Waals surface area contributed by atoms with Crippen LogP contribution in [0.3, 0.4) is 0 Å². The maximum absolute atomic E-state index is 13.8. The number of hydrogen-bond acceptors (Lipinski definition) is 5. The van der Waals surface area contributed by atoms with Crippen LogP contribution in [0, 0.1) is 5.82 Å². The van der Waals surface area contributed by atoms with E-state index in [-0.39, 0.29) is 24.7 Å². The first-order valence-electron chi connectivity index (χ1n) is 9.43. The molecule has 2 heterocycles. The molecule has 0 saturated carbocycles. The zero-order valence-corrected chi connectivity index (χ0v) is 16.4. The van der Waals surface area contributed by atoms with E-state index < -0.39 is 17.4 Å². The third kappa shape index (κ3) is 3.59. The van der Waals surface area contributed by atoms with Crippen LogP contribution in [-0.2, 0) is 23.2 Å². The SMILES string of the molecule is Cn1nc2ccc(OCc3ccccc3F)cc2c1C(=O)NC1(C(N)=O)CCOC1. The van der Waals surface area contributed by atoms with Gasteiger partial charge in [-0.05, 0) is 24.3 Å². The molecule has 1 atom stereocenters. The van der Waals surface area contributed by atoms with Crippen molar-refractivity contribution in [1.29, 1.82) is 0 Å². The number of fused-ring (bicyclic) bond motifs is 1. The lowest BCUT2D eigenvalue weighted by Crippen LogP contribution is -2.58. The van der Waals surface area contributed by atoms with Crippen molar-refractivity contribution in [2.24, 2.45) is 12.8 Å². The fraction of sp³-hybridized carbons (Fsp3) is 0.286. The summed E-state index contributed by atoms with van der Waals surface area (Å²) in [6.45, 7) is 0.409. The monoisotopic (exact) mass is 412 g/mol. The van der Waals surface area contributed by atoms with Gasteiger partial charge >= 0.3 is 0 Å². The molecule has 1 aromatic heterocycles. The Bertz CT molecular complexity index is 1120. The van der Waals surface area contributed by atoms with E-state index in [2.05, 4.69) is 10.4 Å². The first-order valence-corrected chi connectivity index (χ1v) is 9.43. The second-order valence-electron chi connectivity index (χ2n) is 7.23. The molecule has 1 saturated heterocycles. The van der Waals surface area contributed by atoms with Gasteiger partial charge in [0.05, 0.1) is 12.1 Å². The standard InChI is InChI=1S/C21H21FN4O4/c1-26-18(19(27)24-21(20(23)28)8-9-29-12-21)15-10-14(6-7-17(15)25-26)30-11-13-4-2-3-5-16(13)22/h2-7,10H,8-9,11-12H2,1H3,(H2,23,28)(H,24,27). The molecule has 8 nitrogen and oxygen atoms in total. The highest BCUT2D eigenvalue weighted by atomic mass is 19.1. The van der Waals surface area contributed by atoms with E-state index in [0.29, 0.717) is 35.2 Å². The van der Waals surface area contributed by atoms with Gasteiger partial charge in [0.15, 0.2) is 0 Å². The fourth-order valence-electron chi connectivity index (χ4n) is 3.51. The van der Waals surface area contributed by atoms with E-state index in [4.69, 9.17) is 15.2 Å². The Balaban J connectivity index is 1.61. The Morgan fingerprint density at radius 2 is 2.13 bits per heavy atom. The quantitative estimate of drug-likeness (QED) is 0.640. The maximum Gasteiger partial charge on any atom is 0.271 e. The molecule has 2 amide bonds. The summed E-state index contributed by atoms with van der Waals surface area (Å²) in [6, 6.07) is 11.4. The highest BCUT2D eigenvalue weighted by molar-refractivity contribution is 6.07. The summed E-state index contributed by atoms with van der Waals surface area (Å²) in [6.07, 6.45) is 0.306. The summed E-state index contributed by atoms with van der Waals surface area (Å²) in [7, 11) is 1.64. The second kappa shape index (κ2) is 7.75. The highest BCUT2D eigenvalue weighted by Gasteiger charge is 2.43. The average molecular weight is 412 g/mol. The van der Waals surface area contributed by atoms with Crippen molar-refractivity contribution in [3.8, 4) is 5.75 Å². The van der Waals surface area contributed by atoms with Crippen molar-refractivity contribution in [2.75, 3.05) is 13.2 Å². The predicted octanol–water partition coefficient (Wildman–Crippen LogP) is 1.67. The molecule has 0 spiro atoms. The van der Waals surface area contributed by atoms with Crippen molar-refractivity contribution < 1.29 is 23.5 Å². The zero-order valence-electron chi connectivity index (χ0n) is 16.4. The molecule has 2 aromatic carbocycles. The first-order chi connectivity index (χ1) is 14.4. The third-order valence-corrected chi connectivity index (χ3v) is 5.22. The molecular formula is C21H21FN4O4. The number of primary amides is 1. The molecular weight excluding hydrogens is 391 g/mol. The molecule has 156 valence electrons. The third-order valence-electron chi connectivity index (χ3n) is 5.22. The Morgan fingerprint density at radius 3 is 2.83 bits per heavy atom. The maximum atomic E-state index is 13.8. The minimum atomic E-state index is -1.24. The Hall–Kier alpha value is -3.46. The summed E-state index contributed by atoms with van der Waals surface area (Å²) in [4.78, 5) is 24.9. The molecule has 1 aliphatic rings. The van der Waals surface area contributed by atoms with Gasteiger partial charge in [-0.3, -0.25) is 14.3 Å². The number of nitrogens with two attached hydrogens (primary N) is 1. The number of nitrogens with one attached hydrogen (secondary N) is 1. The van der Waals surface area contributed by atoms with Gasteiger partial charge in [0.25, 0.3) is 5.91 Å². The fourth-order valence-corrected chi connectivity index (χ4v) is 3.51. The molecule has 1 fully saturated rings. The molecule has 4 rings (SSSR count). The van der Waals surface area contributed by atoms with Crippen LogP contribution in [0.4, 0.5) is 4.39 Å². The van der Waals surface area contributed by atoms with Gasteiger partial charge in [-0.15, -0.1) is 0 Å². The molecule has 0 radical (unpaired) electrons. The van der Waals surface area contributed by atoms with Gasteiger partial charge in [-0.1, -0.05) is 18.2 Å². The summed E-state index contributed by atoms with van der Waals surface area (Å²) >= 11 is 0. The van der Waals surface area contributed by atoms with Gasteiger partial charge in [0, 0.05) is 31.0 Å². The summed E-state index contributed by atoms with van der Waals surface area (Å²) in [5, 5.41) is 7.61. The number of aryl methyl sites for hydroxylation is 1. The summed E-state index contributed by atoms with van der Waals surface area (Å²) in [5.41, 5.74) is 5.53. The van der Waals surface area contributed by atoms with Gasteiger partial charge in [-0.2, -0.15) is 5.10 Å². The number of benzene rings is 2. The number of nitrogens with zero attached hydrogens (tertiary/aromatic N) is 2. The molecule has 3 N–H and O–H groups in total. The number of carbonyl (C=O) groups excluding carboxylic acids is 2. The second-order valence-corrected chi connectivity index (χ2v) is 7.23. The van der Waals surface area contributed by atoms with Crippen molar-refractivity contribution >= 4 is 22.7 Å². The highest BCUT2D eigenvalue weighted by Crippen LogP contribution is 2.26. The summed E-state index contributed by atoms with van der Waals surface area (Å²) < 4.78 is 26.2. The van der Waals surface area contributed by atoms with Gasteiger partial charge in [0.2, 0.25) is 5.91 Å². The van der Waals surface area contributed by atoms with Crippen LogP contribution in [0.1, 0.15) is 22.5 Å². The van der Waals surface area contributed by atoms with E-state index in [1.165, 1.54) is 10.7 Å². The Morgan fingerprint density at radius 1 is 1.33 bits per heavy atom. The predicted molar refractivity (Wildman–Crippen MR) is 106 cm³/mol. The van der Waals surface area contributed by atoms with Crippen LogP contribution in [0.5, 0.6) is 5.75 Å².